The average Bonchev–Trinajstić information content (AvgIpc) is 2.48. The summed E-state index contributed by atoms with van der Waals surface area (Å²) in [5, 5.41) is 38.5. The molecule has 112 valence electrons. The first-order valence-corrected chi connectivity index (χ1v) is 5.89. The van der Waals surface area contributed by atoms with Crippen molar-refractivity contribution < 1.29 is 29.8 Å². The van der Waals surface area contributed by atoms with Gasteiger partial charge in [-0.15, -0.1) is 0 Å². The van der Waals surface area contributed by atoms with Crippen molar-refractivity contribution in [1.82, 2.24) is 0 Å². The van der Waals surface area contributed by atoms with E-state index in [1.807, 2.05) is 0 Å². The minimum atomic E-state index is -1.23. The SMILES string of the molecule is O=C(O)c1cccc(C(=O)c2cc(O)c(O)c([N+](=O)[O-])c2)c1. The van der Waals surface area contributed by atoms with Gasteiger partial charge in [-0.1, -0.05) is 12.1 Å². The Kier molecular flexibility index (Phi) is 3.76. The van der Waals surface area contributed by atoms with Gasteiger partial charge in [0, 0.05) is 17.2 Å². The van der Waals surface area contributed by atoms with Gasteiger partial charge >= 0.3 is 11.7 Å². The largest absolute Gasteiger partial charge is 0.504 e. The number of phenols is 2. The Morgan fingerprint density at radius 1 is 1.00 bits per heavy atom. The lowest BCUT2D eigenvalue weighted by molar-refractivity contribution is -0.386. The van der Waals surface area contributed by atoms with Crippen molar-refractivity contribution in [1.29, 1.82) is 0 Å². The molecule has 0 aliphatic carbocycles. The highest BCUT2D eigenvalue weighted by Crippen LogP contribution is 2.36. The van der Waals surface area contributed by atoms with Crippen molar-refractivity contribution in [2.24, 2.45) is 0 Å². The summed E-state index contributed by atoms with van der Waals surface area (Å²) in [7, 11) is 0. The number of phenolic OH excluding ortho intramolecular Hbond substituents is 2. The maximum Gasteiger partial charge on any atom is 0.335 e. The Hall–Kier alpha value is -3.42. The molecule has 2 rings (SSSR count). The molecule has 0 radical (unpaired) electrons. The second kappa shape index (κ2) is 5.52. The zero-order chi connectivity index (χ0) is 16.4. The van der Waals surface area contributed by atoms with Gasteiger partial charge in [-0.2, -0.15) is 0 Å². The quantitative estimate of drug-likeness (QED) is 0.339. The lowest BCUT2D eigenvalue weighted by Crippen LogP contribution is -2.05. The zero-order valence-corrected chi connectivity index (χ0v) is 10.9. The van der Waals surface area contributed by atoms with E-state index in [1.54, 1.807) is 0 Å². The zero-order valence-electron chi connectivity index (χ0n) is 10.9. The molecule has 0 aromatic heterocycles. The van der Waals surface area contributed by atoms with Gasteiger partial charge in [0.2, 0.25) is 5.75 Å². The minimum Gasteiger partial charge on any atom is -0.504 e. The van der Waals surface area contributed by atoms with Gasteiger partial charge in [0.05, 0.1) is 10.5 Å². The van der Waals surface area contributed by atoms with Crippen molar-refractivity contribution in [3.63, 3.8) is 0 Å². The topological polar surface area (TPSA) is 138 Å². The van der Waals surface area contributed by atoms with Crippen LogP contribution in [-0.4, -0.2) is 32.0 Å². The molecule has 0 saturated carbocycles. The summed E-state index contributed by atoms with van der Waals surface area (Å²) in [5.41, 5.74) is -1.20. The van der Waals surface area contributed by atoms with Gasteiger partial charge in [0.1, 0.15) is 0 Å². The van der Waals surface area contributed by atoms with Crippen LogP contribution in [0.2, 0.25) is 0 Å². The summed E-state index contributed by atoms with van der Waals surface area (Å²) in [5.74, 6) is -3.71. The molecular weight excluding hydrogens is 294 g/mol. The monoisotopic (exact) mass is 303 g/mol. The number of aromatic hydroxyl groups is 2. The number of nitrogens with zero attached hydrogens (tertiary/aromatic N) is 1. The lowest BCUT2D eigenvalue weighted by Gasteiger charge is -2.05. The molecular formula is C14H9NO7. The van der Waals surface area contributed by atoms with Crippen molar-refractivity contribution in [3.05, 3.63) is 63.2 Å². The Morgan fingerprint density at radius 2 is 1.64 bits per heavy atom. The Labute approximate surface area is 123 Å². The molecule has 0 bridgehead atoms. The molecule has 8 nitrogen and oxygen atoms in total. The van der Waals surface area contributed by atoms with Crippen molar-refractivity contribution in [2.45, 2.75) is 0 Å². The number of carbonyl (C=O) groups excluding carboxylic acids is 1. The van der Waals surface area contributed by atoms with Gasteiger partial charge in [0.15, 0.2) is 11.5 Å². The van der Waals surface area contributed by atoms with Crippen LogP contribution < -0.4 is 0 Å². The second-order valence-electron chi connectivity index (χ2n) is 4.34. The van der Waals surface area contributed by atoms with Crippen LogP contribution in [0.25, 0.3) is 0 Å². The molecule has 0 saturated heterocycles. The van der Waals surface area contributed by atoms with Crippen LogP contribution in [0.5, 0.6) is 11.5 Å². The number of carbonyl (C=O) groups is 2. The van der Waals surface area contributed by atoms with E-state index in [2.05, 4.69) is 0 Å². The molecule has 0 atom stereocenters. The highest BCUT2D eigenvalue weighted by atomic mass is 16.6. The van der Waals surface area contributed by atoms with Crippen LogP contribution in [0.4, 0.5) is 5.69 Å². The molecule has 8 heteroatoms. The molecule has 0 aliphatic rings. The fraction of sp³-hybridized carbons (Fsp3) is 0. The molecule has 0 heterocycles. The van der Waals surface area contributed by atoms with E-state index in [4.69, 9.17) is 5.11 Å². The van der Waals surface area contributed by atoms with E-state index in [9.17, 15) is 29.9 Å². The first kappa shape index (κ1) is 15.0. The number of benzene rings is 2. The predicted octanol–water partition coefficient (Wildman–Crippen LogP) is 1.94. The number of carboxylic acids is 1. The molecule has 2 aromatic rings. The van der Waals surface area contributed by atoms with E-state index in [1.165, 1.54) is 18.2 Å². The van der Waals surface area contributed by atoms with Crippen LogP contribution in [-0.2, 0) is 0 Å². The van der Waals surface area contributed by atoms with Crippen molar-refractivity contribution in [2.75, 3.05) is 0 Å². The van der Waals surface area contributed by atoms with E-state index in [0.29, 0.717) is 0 Å². The minimum absolute atomic E-state index is 0.0145. The fourth-order valence-corrected chi connectivity index (χ4v) is 1.83. The van der Waals surface area contributed by atoms with Crippen LogP contribution in [0.15, 0.2) is 36.4 Å². The van der Waals surface area contributed by atoms with E-state index in [-0.39, 0.29) is 16.7 Å². The molecule has 3 N–H and O–H groups in total. The summed E-state index contributed by atoms with van der Waals surface area (Å²) >= 11 is 0. The third kappa shape index (κ3) is 2.70. The molecule has 0 unspecified atom stereocenters. The van der Waals surface area contributed by atoms with E-state index < -0.39 is 33.9 Å². The number of carboxylic acid groups (broad SMARTS) is 1. The predicted molar refractivity (Wildman–Crippen MR) is 73.3 cm³/mol. The summed E-state index contributed by atoms with van der Waals surface area (Å²) in [6.07, 6.45) is 0. The average molecular weight is 303 g/mol. The highest BCUT2D eigenvalue weighted by molar-refractivity contribution is 6.10. The number of hydrogen-bond acceptors (Lipinski definition) is 6. The normalized spacial score (nSPS) is 10.2. The van der Waals surface area contributed by atoms with E-state index in [0.717, 1.165) is 18.2 Å². The summed E-state index contributed by atoms with van der Waals surface area (Å²) < 4.78 is 0. The van der Waals surface area contributed by atoms with Crippen LogP contribution in [0.1, 0.15) is 26.3 Å². The maximum atomic E-state index is 12.3. The van der Waals surface area contributed by atoms with Gasteiger partial charge in [-0.3, -0.25) is 14.9 Å². The number of nitro groups is 1. The molecule has 2 aromatic carbocycles. The van der Waals surface area contributed by atoms with Crippen molar-refractivity contribution in [3.8, 4) is 11.5 Å². The number of rotatable bonds is 4. The van der Waals surface area contributed by atoms with Gasteiger partial charge in [-0.25, -0.2) is 4.79 Å². The van der Waals surface area contributed by atoms with Crippen LogP contribution in [0, 0.1) is 10.1 Å². The van der Waals surface area contributed by atoms with Crippen LogP contribution >= 0.6 is 0 Å². The Bertz CT molecular complexity index is 798. The summed E-state index contributed by atoms with van der Waals surface area (Å²) in [6, 6.07) is 6.77. The smallest absolute Gasteiger partial charge is 0.335 e. The molecule has 0 aliphatic heterocycles. The third-order valence-electron chi connectivity index (χ3n) is 2.90. The summed E-state index contributed by atoms with van der Waals surface area (Å²) in [6.45, 7) is 0. The van der Waals surface area contributed by atoms with Crippen molar-refractivity contribution >= 4 is 17.4 Å². The van der Waals surface area contributed by atoms with Gasteiger partial charge in [0.25, 0.3) is 0 Å². The third-order valence-corrected chi connectivity index (χ3v) is 2.90. The lowest BCUT2D eigenvalue weighted by atomic mass is 10.0. The number of ketones is 1. The molecule has 22 heavy (non-hydrogen) atoms. The van der Waals surface area contributed by atoms with E-state index >= 15 is 0 Å². The number of hydrogen-bond donors (Lipinski definition) is 3. The first-order chi connectivity index (χ1) is 10.3. The van der Waals surface area contributed by atoms with Crippen LogP contribution in [0.3, 0.4) is 0 Å². The second-order valence-corrected chi connectivity index (χ2v) is 4.34. The number of nitro benzene ring substituents is 1. The Balaban J connectivity index is 2.52. The number of aromatic carboxylic acids is 1. The van der Waals surface area contributed by atoms with Gasteiger partial charge < -0.3 is 15.3 Å². The highest BCUT2D eigenvalue weighted by Gasteiger charge is 2.22. The molecule has 0 fully saturated rings. The Morgan fingerprint density at radius 3 is 2.23 bits per heavy atom. The van der Waals surface area contributed by atoms with Gasteiger partial charge in [-0.05, 0) is 18.2 Å². The fourth-order valence-electron chi connectivity index (χ4n) is 1.83. The standard InChI is InChI=1S/C14H9NO7/c16-11-6-9(5-10(13(11)18)15(21)22)12(17)7-2-1-3-8(4-7)14(19)20/h1-6,16,18H,(H,19,20). The summed E-state index contributed by atoms with van der Waals surface area (Å²) in [4.78, 5) is 33.0. The molecule has 0 amide bonds. The molecule has 0 spiro atoms. The maximum absolute atomic E-state index is 12.3. The first-order valence-electron chi connectivity index (χ1n) is 5.89.